The summed E-state index contributed by atoms with van der Waals surface area (Å²) in [5, 5.41) is 3.51. The Balaban J connectivity index is 2.77. The van der Waals surface area contributed by atoms with Crippen LogP contribution in [0.15, 0.2) is 12.1 Å². The van der Waals surface area contributed by atoms with Crippen molar-refractivity contribution in [3.05, 3.63) is 34.2 Å². The van der Waals surface area contributed by atoms with Crippen LogP contribution in [0.3, 0.4) is 0 Å². The molecule has 1 aromatic carbocycles. The molecule has 0 aliphatic carbocycles. The van der Waals surface area contributed by atoms with Crippen LogP contribution in [0.5, 0.6) is 0 Å². The van der Waals surface area contributed by atoms with E-state index in [2.05, 4.69) is 5.32 Å². The lowest BCUT2D eigenvalue weighted by molar-refractivity contribution is 0.618. The molecule has 1 heterocycles. The van der Waals surface area contributed by atoms with Crippen LogP contribution in [0.25, 0.3) is 10.1 Å². The second kappa shape index (κ2) is 4.11. The third-order valence-corrected chi connectivity index (χ3v) is 4.32. The van der Waals surface area contributed by atoms with Gasteiger partial charge in [0.2, 0.25) is 0 Å². The molecule has 16 heavy (non-hydrogen) atoms. The van der Waals surface area contributed by atoms with Gasteiger partial charge in [-0.2, -0.15) is 0 Å². The van der Waals surface area contributed by atoms with E-state index in [9.17, 15) is 8.78 Å². The fourth-order valence-electron chi connectivity index (χ4n) is 1.84. The average molecular weight is 241 g/mol. The molecule has 0 aliphatic rings. The highest BCUT2D eigenvalue weighted by molar-refractivity contribution is 7.19. The van der Waals surface area contributed by atoms with Gasteiger partial charge >= 0.3 is 0 Å². The zero-order valence-electron chi connectivity index (χ0n) is 9.40. The van der Waals surface area contributed by atoms with Crippen molar-refractivity contribution in [3.63, 3.8) is 0 Å². The highest BCUT2D eigenvalue weighted by atomic mass is 32.1. The summed E-state index contributed by atoms with van der Waals surface area (Å²) in [6.45, 7) is 3.82. The van der Waals surface area contributed by atoms with Crippen molar-refractivity contribution in [3.8, 4) is 0 Å². The van der Waals surface area contributed by atoms with Crippen molar-refractivity contribution >= 4 is 21.4 Å². The maximum atomic E-state index is 13.6. The number of nitrogens with one attached hydrogen (secondary N) is 1. The van der Waals surface area contributed by atoms with Crippen molar-refractivity contribution in [2.24, 2.45) is 0 Å². The van der Waals surface area contributed by atoms with Crippen molar-refractivity contribution < 1.29 is 8.78 Å². The van der Waals surface area contributed by atoms with Gasteiger partial charge in [-0.05, 0) is 38.6 Å². The second-order valence-electron chi connectivity index (χ2n) is 3.84. The number of hydrogen-bond donors (Lipinski definition) is 1. The van der Waals surface area contributed by atoms with Crippen LogP contribution in [0.1, 0.15) is 23.4 Å². The molecule has 0 fully saturated rings. The van der Waals surface area contributed by atoms with E-state index >= 15 is 0 Å². The maximum Gasteiger partial charge on any atom is 0.141 e. The highest BCUT2D eigenvalue weighted by Crippen LogP contribution is 2.37. The monoisotopic (exact) mass is 241 g/mol. The van der Waals surface area contributed by atoms with Gasteiger partial charge in [-0.3, -0.25) is 0 Å². The zero-order chi connectivity index (χ0) is 11.9. The Morgan fingerprint density at radius 3 is 2.44 bits per heavy atom. The summed E-state index contributed by atoms with van der Waals surface area (Å²) in [4.78, 5) is 0.988. The van der Waals surface area contributed by atoms with Crippen LogP contribution in [0, 0.1) is 18.6 Å². The van der Waals surface area contributed by atoms with Gasteiger partial charge in [0, 0.05) is 16.3 Å². The van der Waals surface area contributed by atoms with Crippen molar-refractivity contribution in [2.45, 2.75) is 19.9 Å². The third-order valence-electron chi connectivity index (χ3n) is 2.84. The van der Waals surface area contributed by atoms with Crippen molar-refractivity contribution in [1.29, 1.82) is 0 Å². The van der Waals surface area contributed by atoms with E-state index in [0.29, 0.717) is 10.1 Å². The van der Waals surface area contributed by atoms with E-state index in [1.807, 2.05) is 20.9 Å². The van der Waals surface area contributed by atoms with Gasteiger partial charge in [-0.25, -0.2) is 8.78 Å². The van der Waals surface area contributed by atoms with Crippen LogP contribution in [0.2, 0.25) is 0 Å². The minimum Gasteiger partial charge on any atom is -0.313 e. The smallest absolute Gasteiger partial charge is 0.141 e. The number of aryl methyl sites for hydroxylation is 1. The Hall–Kier alpha value is -1.00. The van der Waals surface area contributed by atoms with Gasteiger partial charge in [-0.15, -0.1) is 11.3 Å². The predicted molar refractivity (Wildman–Crippen MR) is 64.0 cm³/mol. The zero-order valence-corrected chi connectivity index (χ0v) is 10.2. The largest absolute Gasteiger partial charge is 0.313 e. The predicted octanol–water partition coefficient (Wildman–Crippen LogP) is 3.77. The quantitative estimate of drug-likeness (QED) is 0.844. The summed E-state index contributed by atoms with van der Waals surface area (Å²) in [6, 6.07) is 2.48. The topological polar surface area (TPSA) is 12.0 Å². The number of halogens is 2. The Morgan fingerprint density at radius 1 is 1.25 bits per heavy atom. The molecule has 0 saturated carbocycles. The molecule has 0 amide bonds. The molecule has 4 heteroatoms. The summed E-state index contributed by atoms with van der Waals surface area (Å²) >= 11 is 1.32. The van der Waals surface area contributed by atoms with Crippen LogP contribution >= 0.6 is 11.3 Å². The third kappa shape index (κ3) is 1.62. The van der Waals surface area contributed by atoms with Gasteiger partial charge in [0.25, 0.3) is 0 Å². The molecule has 0 aliphatic heterocycles. The molecular formula is C12H13F2NS. The minimum absolute atomic E-state index is 0.108. The fourth-order valence-corrected chi connectivity index (χ4v) is 3.12. The lowest BCUT2D eigenvalue weighted by Gasteiger charge is -2.08. The molecule has 0 saturated heterocycles. The summed E-state index contributed by atoms with van der Waals surface area (Å²) < 4.78 is 27.6. The Morgan fingerprint density at radius 2 is 1.88 bits per heavy atom. The molecule has 2 rings (SSSR count). The molecule has 0 radical (unpaired) electrons. The molecule has 1 nitrogen and oxygen atoms in total. The normalized spacial score (nSPS) is 13.3. The standard InChI is InChI=1S/C12H13F2NS/c1-6-10-8(13)4-5-9(14)12(10)16-11(6)7(2)15-3/h4-5,7,15H,1-3H3. The van der Waals surface area contributed by atoms with E-state index in [0.717, 1.165) is 10.4 Å². The molecule has 0 spiro atoms. The van der Waals surface area contributed by atoms with Gasteiger partial charge < -0.3 is 5.32 Å². The minimum atomic E-state index is -0.348. The van der Waals surface area contributed by atoms with Crippen LogP contribution in [-0.4, -0.2) is 7.05 Å². The number of rotatable bonds is 2. The lowest BCUT2D eigenvalue weighted by Crippen LogP contribution is -2.11. The molecule has 0 bridgehead atoms. The summed E-state index contributed by atoms with van der Waals surface area (Å²) in [6.07, 6.45) is 0. The average Bonchev–Trinajstić information content (AvgIpc) is 2.62. The summed E-state index contributed by atoms with van der Waals surface area (Å²) in [5.41, 5.74) is 0.832. The van der Waals surface area contributed by atoms with Crippen LogP contribution in [0.4, 0.5) is 8.78 Å². The van der Waals surface area contributed by atoms with E-state index < -0.39 is 0 Å². The summed E-state index contributed by atoms with van der Waals surface area (Å²) in [5.74, 6) is -0.696. The molecule has 2 aromatic rings. The first kappa shape index (κ1) is 11.5. The van der Waals surface area contributed by atoms with Crippen molar-refractivity contribution in [1.82, 2.24) is 5.32 Å². The van der Waals surface area contributed by atoms with Gasteiger partial charge in [0.1, 0.15) is 11.6 Å². The first-order chi connectivity index (χ1) is 7.56. The Kier molecular flexibility index (Phi) is 2.95. The summed E-state index contributed by atoms with van der Waals surface area (Å²) in [7, 11) is 1.83. The highest BCUT2D eigenvalue weighted by Gasteiger charge is 2.18. The van der Waals surface area contributed by atoms with Gasteiger partial charge in [0.15, 0.2) is 0 Å². The van der Waals surface area contributed by atoms with Gasteiger partial charge in [0.05, 0.1) is 4.70 Å². The number of hydrogen-bond acceptors (Lipinski definition) is 2. The molecule has 1 aromatic heterocycles. The van der Waals surface area contributed by atoms with Crippen LogP contribution in [-0.2, 0) is 0 Å². The molecule has 1 N–H and O–H groups in total. The number of benzene rings is 1. The molecule has 1 atom stereocenters. The Labute approximate surface area is 97.1 Å². The fraction of sp³-hybridized carbons (Fsp3) is 0.333. The Bertz CT molecular complexity index is 533. The number of thiophene rings is 1. The van der Waals surface area contributed by atoms with Crippen molar-refractivity contribution in [2.75, 3.05) is 7.05 Å². The molecule has 1 unspecified atom stereocenters. The second-order valence-corrected chi connectivity index (χ2v) is 4.89. The first-order valence-corrected chi connectivity index (χ1v) is 5.92. The van der Waals surface area contributed by atoms with E-state index in [4.69, 9.17) is 0 Å². The number of fused-ring (bicyclic) bond motifs is 1. The SMILES string of the molecule is CNC(C)c1sc2c(F)ccc(F)c2c1C. The van der Waals surface area contributed by atoms with E-state index in [1.54, 1.807) is 0 Å². The van der Waals surface area contributed by atoms with E-state index in [1.165, 1.54) is 23.5 Å². The lowest BCUT2D eigenvalue weighted by atomic mass is 10.1. The van der Waals surface area contributed by atoms with Crippen LogP contribution < -0.4 is 5.32 Å². The maximum absolute atomic E-state index is 13.6. The first-order valence-electron chi connectivity index (χ1n) is 5.10. The van der Waals surface area contributed by atoms with Gasteiger partial charge in [-0.1, -0.05) is 0 Å². The molecular weight excluding hydrogens is 228 g/mol. The molecule has 86 valence electrons. The van der Waals surface area contributed by atoms with E-state index in [-0.39, 0.29) is 17.7 Å².